The van der Waals surface area contributed by atoms with Gasteiger partial charge in [0, 0.05) is 0 Å². The number of primary amides is 1. The zero-order chi connectivity index (χ0) is 14.5. The molecule has 5 heteroatoms. The van der Waals surface area contributed by atoms with Gasteiger partial charge in [0.25, 0.3) is 5.91 Å². The number of nitrogens with two attached hydrogens (primary N) is 1. The molecule has 102 valence electrons. The smallest absolute Gasteiger partial charge is 0.335 e. The van der Waals surface area contributed by atoms with E-state index in [0.717, 1.165) is 5.56 Å². The van der Waals surface area contributed by atoms with Gasteiger partial charge in [0.05, 0.1) is 11.1 Å². The fraction of sp³-hybridized carbons (Fsp3) is 0.0667. The Labute approximate surface area is 115 Å². The largest absolute Gasteiger partial charge is 0.488 e. The van der Waals surface area contributed by atoms with Crippen LogP contribution in [0.4, 0.5) is 0 Å². The van der Waals surface area contributed by atoms with E-state index in [-0.39, 0.29) is 12.2 Å². The molecular formula is C15H13NO4. The van der Waals surface area contributed by atoms with E-state index in [1.54, 1.807) is 36.4 Å². The number of hydrogen-bond acceptors (Lipinski definition) is 3. The number of aromatic carboxylic acids is 1. The molecule has 1 amide bonds. The monoisotopic (exact) mass is 271 g/mol. The van der Waals surface area contributed by atoms with Crippen molar-refractivity contribution >= 4 is 11.9 Å². The van der Waals surface area contributed by atoms with Crippen LogP contribution < -0.4 is 10.5 Å². The van der Waals surface area contributed by atoms with E-state index in [1.165, 1.54) is 12.1 Å². The Balaban J connectivity index is 2.09. The Morgan fingerprint density at radius 2 is 1.70 bits per heavy atom. The highest BCUT2D eigenvalue weighted by atomic mass is 16.5. The fourth-order valence-electron chi connectivity index (χ4n) is 1.70. The second-order valence-corrected chi connectivity index (χ2v) is 4.15. The van der Waals surface area contributed by atoms with Crippen molar-refractivity contribution in [3.63, 3.8) is 0 Å². The molecule has 0 bridgehead atoms. The average Bonchev–Trinajstić information content (AvgIpc) is 2.45. The molecule has 0 saturated heterocycles. The first-order chi connectivity index (χ1) is 9.58. The van der Waals surface area contributed by atoms with Crippen LogP contribution >= 0.6 is 0 Å². The van der Waals surface area contributed by atoms with Gasteiger partial charge in [-0.15, -0.1) is 0 Å². The lowest BCUT2D eigenvalue weighted by Gasteiger charge is -2.09. The number of ether oxygens (including phenoxy) is 1. The Morgan fingerprint density at radius 1 is 1.05 bits per heavy atom. The van der Waals surface area contributed by atoms with Gasteiger partial charge in [-0.25, -0.2) is 4.79 Å². The highest BCUT2D eigenvalue weighted by molar-refractivity contribution is 5.95. The summed E-state index contributed by atoms with van der Waals surface area (Å²) >= 11 is 0. The van der Waals surface area contributed by atoms with Crippen LogP contribution in [0.3, 0.4) is 0 Å². The number of carbonyl (C=O) groups is 2. The summed E-state index contributed by atoms with van der Waals surface area (Å²) in [5.41, 5.74) is 6.58. The molecule has 0 saturated carbocycles. The summed E-state index contributed by atoms with van der Waals surface area (Å²) in [5.74, 6) is -1.12. The normalized spacial score (nSPS) is 10.0. The van der Waals surface area contributed by atoms with Crippen LogP contribution in [-0.4, -0.2) is 17.0 Å². The Bertz CT molecular complexity index is 635. The van der Waals surface area contributed by atoms with Gasteiger partial charge in [-0.3, -0.25) is 4.79 Å². The lowest BCUT2D eigenvalue weighted by Crippen LogP contribution is -2.12. The van der Waals surface area contributed by atoms with Crippen molar-refractivity contribution in [1.29, 1.82) is 0 Å². The van der Waals surface area contributed by atoms with Gasteiger partial charge in [0.2, 0.25) is 0 Å². The molecule has 0 spiro atoms. The van der Waals surface area contributed by atoms with Crippen LogP contribution in [0.15, 0.2) is 48.5 Å². The number of para-hydroxylation sites is 1. The van der Waals surface area contributed by atoms with E-state index in [4.69, 9.17) is 15.6 Å². The van der Waals surface area contributed by atoms with Crippen molar-refractivity contribution in [2.45, 2.75) is 6.61 Å². The minimum atomic E-state index is -0.975. The number of amides is 1. The molecule has 0 fully saturated rings. The van der Waals surface area contributed by atoms with Gasteiger partial charge < -0.3 is 15.6 Å². The van der Waals surface area contributed by atoms with Crippen LogP contribution in [0.5, 0.6) is 5.75 Å². The number of carboxylic acids is 1. The summed E-state index contributed by atoms with van der Waals surface area (Å²) in [6.07, 6.45) is 0. The summed E-state index contributed by atoms with van der Waals surface area (Å²) in [6, 6.07) is 13.0. The van der Waals surface area contributed by atoms with Crippen LogP contribution in [-0.2, 0) is 6.61 Å². The first-order valence-corrected chi connectivity index (χ1v) is 5.92. The molecule has 5 nitrogen and oxygen atoms in total. The molecule has 0 aromatic heterocycles. The first-order valence-electron chi connectivity index (χ1n) is 5.92. The molecule has 0 heterocycles. The molecule has 0 unspecified atom stereocenters. The minimum absolute atomic E-state index is 0.214. The number of rotatable bonds is 5. The highest BCUT2D eigenvalue weighted by Crippen LogP contribution is 2.18. The molecule has 2 aromatic carbocycles. The van der Waals surface area contributed by atoms with Gasteiger partial charge in [-0.05, 0) is 29.8 Å². The van der Waals surface area contributed by atoms with Crippen molar-refractivity contribution in [3.05, 3.63) is 65.2 Å². The molecule has 0 aliphatic rings. The molecule has 0 aliphatic carbocycles. The lowest BCUT2D eigenvalue weighted by atomic mass is 10.1. The highest BCUT2D eigenvalue weighted by Gasteiger charge is 2.08. The Morgan fingerprint density at radius 3 is 2.30 bits per heavy atom. The molecule has 20 heavy (non-hydrogen) atoms. The van der Waals surface area contributed by atoms with E-state index in [1.807, 2.05) is 0 Å². The molecule has 3 N–H and O–H groups in total. The Hall–Kier alpha value is -2.82. The van der Waals surface area contributed by atoms with E-state index in [9.17, 15) is 9.59 Å². The maximum absolute atomic E-state index is 11.2. The predicted molar refractivity (Wildman–Crippen MR) is 72.7 cm³/mol. The summed E-state index contributed by atoms with van der Waals surface area (Å²) in [7, 11) is 0. The Kier molecular flexibility index (Phi) is 4.00. The van der Waals surface area contributed by atoms with Crippen LogP contribution in [0.1, 0.15) is 26.3 Å². The number of carbonyl (C=O) groups excluding carboxylic acids is 1. The van der Waals surface area contributed by atoms with E-state index >= 15 is 0 Å². The van der Waals surface area contributed by atoms with Crippen LogP contribution in [0.25, 0.3) is 0 Å². The lowest BCUT2D eigenvalue weighted by molar-refractivity contribution is 0.0696. The zero-order valence-electron chi connectivity index (χ0n) is 10.6. The van der Waals surface area contributed by atoms with Crippen LogP contribution in [0.2, 0.25) is 0 Å². The average molecular weight is 271 g/mol. The topological polar surface area (TPSA) is 89.6 Å². The quantitative estimate of drug-likeness (QED) is 0.871. The second kappa shape index (κ2) is 5.88. The van der Waals surface area contributed by atoms with Gasteiger partial charge in [0.15, 0.2) is 0 Å². The maximum Gasteiger partial charge on any atom is 0.335 e. The standard InChI is InChI=1S/C15H13NO4/c16-14(17)12-3-1-2-4-13(12)20-9-10-5-7-11(8-6-10)15(18)19/h1-8H,9H2,(H2,16,17)(H,18,19). The minimum Gasteiger partial charge on any atom is -0.488 e. The van der Waals surface area contributed by atoms with Crippen LogP contribution in [0, 0.1) is 0 Å². The third-order valence-corrected chi connectivity index (χ3v) is 2.75. The maximum atomic E-state index is 11.2. The van der Waals surface area contributed by atoms with Crippen molar-refractivity contribution in [3.8, 4) is 5.75 Å². The fourth-order valence-corrected chi connectivity index (χ4v) is 1.70. The predicted octanol–water partition coefficient (Wildman–Crippen LogP) is 2.06. The van der Waals surface area contributed by atoms with Crippen molar-refractivity contribution in [2.24, 2.45) is 5.73 Å². The van der Waals surface area contributed by atoms with Gasteiger partial charge in [-0.2, -0.15) is 0 Å². The van der Waals surface area contributed by atoms with Gasteiger partial charge in [0.1, 0.15) is 12.4 Å². The zero-order valence-corrected chi connectivity index (χ0v) is 10.6. The van der Waals surface area contributed by atoms with E-state index < -0.39 is 11.9 Å². The van der Waals surface area contributed by atoms with Gasteiger partial charge >= 0.3 is 5.97 Å². The molecule has 0 atom stereocenters. The number of carboxylic acid groups (broad SMARTS) is 1. The third-order valence-electron chi connectivity index (χ3n) is 2.75. The van der Waals surface area contributed by atoms with Crippen molar-refractivity contribution < 1.29 is 19.4 Å². The molecule has 0 radical (unpaired) electrons. The SMILES string of the molecule is NC(=O)c1ccccc1OCc1ccc(C(=O)O)cc1. The van der Waals surface area contributed by atoms with Crippen molar-refractivity contribution in [1.82, 2.24) is 0 Å². The molecule has 2 aromatic rings. The second-order valence-electron chi connectivity index (χ2n) is 4.15. The third kappa shape index (κ3) is 3.14. The van der Waals surface area contributed by atoms with Crippen molar-refractivity contribution in [2.75, 3.05) is 0 Å². The number of hydrogen-bond donors (Lipinski definition) is 2. The summed E-state index contributed by atoms with van der Waals surface area (Å²) in [4.78, 5) is 22.0. The van der Waals surface area contributed by atoms with Gasteiger partial charge in [-0.1, -0.05) is 24.3 Å². The van der Waals surface area contributed by atoms with E-state index in [2.05, 4.69) is 0 Å². The summed E-state index contributed by atoms with van der Waals surface area (Å²) in [5, 5.41) is 8.80. The first kappa shape index (κ1) is 13.6. The summed E-state index contributed by atoms with van der Waals surface area (Å²) in [6.45, 7) is 0.226. The molecular weight excluding hydrogens is 258 g/mol. The number of benzene rings is 2. The molecule has 2 rings (SSSR count). The summed E-state index contributed by atoms with van der Waals surface area (Å²) < 4.78 is 5.54. The molecule has 0 aliphatic heterocycles. The van der Waals surface area contributed by atoms with E-state index in [0.29, 0.717) is 11.3 Å².